The largest absolute Gasteiger partial charge is 0.424 e. The number of carbonyl (C=O) groups is 1. The third-order valence-electron chi connectivity index (χ3n) is 5.91. The van der Waals surface area contributed by atoms with Gasteiger partial charge in [0.2, 0.25) is 5.91 Å². The molecule has 0 aliphatic carbocycles. The maximum atomic E-state index is 12.3. The highest BCUT2D eigenvalue weighted by Crippen LogP contribution is 2.24. The summed E-state index contributed by atoms with van der Waals surface area (Å²) in [5, 5.41) is 0. The number of amides is 1. The van der Waals surface area contributed by atoms with Crippen molar-refractivity contribution in [1.82, 2.24) is 19.8 Å². The summed E-state index contributed by atoms with van der Waals surface area (Å²) in [5.74, 6) is 1.74. The Labute approximate surface area is 172 Å². The van der Waals surface area contributed by atoms with E-state index in [1.54, 1.807) is 18.5 Å². The van der Waals surface area contributed by atoms with Crippen molar-refractivity contribution in [3.05, 3.63) is 48.3 Å². The Kier molecular flexibility index (Phi) is 6.72. The molecule has 2 aromatic rings. The summed E-state index contributed by atoms with van der Waals surface area (Å²) in [6.07, 6.45) is 9.88. The Morgan fingerprint density at radius 2 is 1.79 bits per heavy atom. The van der Waals surface area contributed by atoms with Gasteiger partial charge in [-0.05, 0) is 68.3 Å². The Hall–Kier alpha value is -2.47. The number of likely N-dealkylation sites (tertiary alicyclic amines) is 2. The van der Waals surface area contributed by atoms with E-state index in [-0.39, 0.29) is 0 Å². The van der Waals surface area contributed by atoms with E-state index in [4.69, 9.17) is 4.74 Å². The van der Waals surface area contributed by atoms with Crippen molar-refractivity contribution in [3.8, 4) is 11.8 Å². The molecule has 0 saturated carbocycles. The normalized spacial score (nSPS) is 20.0. The summed E-state index contributed by atoms with van der Waals surface area (Å²) in [5.41, 5.74) is 1.28. The van der Waals surface area contributed by atoms with Gasteiger partial charge in [0, 0.05) is 45.0 Å². The molecular weight excluding hydrogens is 364 g/mol. The lowest BCUT2D eigenvalue weighted by Crippen LogP contribution is -2.35. The van der Waals surface area contributed by atoms with Gasteiger partial charge in [0.1, 0.15) is 5.75 Å². The van der Waals surface area contributed by atoms with Crippen LogP contribution in [0.5, 0.6) is 11.8 Å². The summed E-state index contributed by atoms with van der Waals surface area (Å²) < 4.78 is 5.67. The first-order chi connectivity index (χ1) is 14.3. The predicted octanol–water partition coefficient (Wildman–Crippen LogP) is 3.88. The van der Waals surface area contributed by atoms with Crippen molar-refractivity contribution in [1.29, 1.82) is 0 Å². The molecule has 0 radical (unpaired) electrons. The Balaban J connectivity index is 1.24. The quantitative estimate of drug-likeness (QED) is 0.713. The molecule has 0 spiro atoms. The van der Waals surface area contributed by atoms with Crippen molar-refractivity contribution in [2.75, 3.05) is 26.2 Å². The molecule has 1 aromatic heterocycles. The lowest BCUT2D eigenvalue weighted by molar-refractivity contribution is -0.130. The third kappa shape index (κ3) is 5.76. The van der Waals surface area contributed by atoms with Gasteiger partial charge in [0.25, 0.3) is 0 Å². The van der Waals surface area contributed by atoms with Gasteiger partial charge in [-0.25, -0.2) is 9.97 Å². The molecular formula is C23H30N4O2. The summed E-state index contributed by atoms with van der Waals surface area (Å²) in [6.45, 7) is 5.09. The molecule has 1 unspecified atom stereocenters. The first-order valence-electron chi connectivity index (χ1n) is 10.8. The van der Waals surface area contributed by atoms with Crippen molar-refractivity contribution >= 4 is 5.91 Å². The Morgan fingerprint density at radius 1 is 1.03 bits per heavy atom. The van der Waals surface area contributed by atoms with Gasteiger partial charge in [0.15, 0.2) is 0 Å². The zero-order chi connectivity index (χ0) is 19.9. The van der Waals surface area contributed by atoms with Crippen molar-refractivity contribution in [2.45, 2.75) is 45.1 Å². The van der Waals surface area contributed by atoms with E-state index in [9.17, 15) is 4.79 Å². The first kappa shape index (κ1) is 19.8. The van der Waals surface area contributed by atoms with Gasteiger partial charge in [-0.15, -0.1) is 0 Å². The minimum atomic E-state index is 0.359. The molecule has 29 heavy (non-hydrogen) atoms. The van der Waals surface area contributed by atoms with Crippen LogP contribution in [0.1, 0.15) is 44.1 Å². The van der Waals surface area contributed by atoms with E-state index in [1.165, 1.54) is 31.2 Å². The number of carbonyl (C=O) groups excluding carboxylic acids is 1. The molecule has 3 heterocycles. The van der Waals surface area contributed by atoms with E-state index >= 15 is 0 Å². The van der Waals surface area contributed by atoms with Crippen LogP contribution in [0.3, 0.4) is 0 Å². The van der Waals surface area contributed by atoms with Crippen LogP contribution in [0.15, 0.2) is 42.7 Å². The zero-order valence-electron chi connectivity index (χ0n) is 17.0. The van der Waals surface area contributed by atoms with Crippen LogP contribution in [0.25, 0.3) is 0 Å². The summed E-state index contributed by atoms with van der Waals surface area (Å²) in [4.78, 5) is 25.0. The molecule has 1 atom stereocenters. The van der Waals surface area contributed by atoms with Crippen LogP contribution in [-0.4, -0.2) is 51.9 Å². The summed E-state index contributed by atoms with van der Waals surface area (Å²) in [6, 6.07) is 10.3. The SMILES string of the molecule is O=C(CCC1CCCN(Cc2ccc(Oc3ncccn3)cc2)C1)N1CCCC1. The lowest BCUT2D eigenvalue weighted by Gasteiger charge is -2.33. The highest BCUT2D eigenvalue weighted by atomic mass is 16.5. The number of benzene rings is 1. The molecule has 154 valence electrons. The van der Waals surface area contributed by atoms with Crippen LogP contribution in [0, 0.1) is 5.92 Å². The fraction of sp³-hybridized carbons (Fsp3) is 0.522. The summed E-state index contributed by atoms with van der Waals surface area (Å²) >= 11 is 0. The number of piperidine rings is 1. The maximum absolute atomic E-state index is 12.3. The first-order valence-corrected chi connectivity index (χ1v) is 10.8. The second-order valence-corrected chi connectivity index (χ2v) is 8.15. The molecule has 0 N–H and O–H groups in total. The minimum absolute atomic E-state index is 0.359. The van der Waals surface area contributed by atoms with Crippen LogP contribution in [-0.2, 0) is 11.3 Å². The van der Waals surface area contributed by atoms with E-state index in [1.807, 2.05) is 17.0 Å². The Morgan fingerprint density at radius 3 is 2.55 bits per heavy atom. The van der Waals surface area contributed by atoms with Gasteiger partial charge in [-0.3, -0.25) is 9.69 Å². The molecule has 2 fully saturated rings. The minimum Gasteiger partial charge on any atom is -0.424 e. The van der Waals surface area contributed by atoms with E-state index < -0.39 is 0 Å². The van der Waals surface area contributed by atoms with E-state index in [0.717, 1.165) is 44.9 Å². The molecule has 6 heteroatoms. The Bertz CT molecular complexity index is 775. The fourth-order valence-electron chi connectivity index (χ4n) is 4.35. The van der Waals surface area contributed by atoms with Crippen molar-refractivity contribution < 1.29 is 9.53 Å². The van der Waals surface area contributed by atoms with Crippen molar-refractivity contribution in [3.63, 3.8) is 0 Å². The topological polar surface area (TPSA) is 58.6 Å². The molecule has 1 amide bonds. The van der Waals surface area contributed by atoms with Gasteiger partial charge in [0.05, 0.1) is 0 Å². The smallest absolute Gasteiger partial charge is 0.321 e. The lowest BCUT2D eigenvalue weighted by atomic mass is 9.93. The van der Waals surface area contributed by atoms with Crippen molar-refractivity contribution in [2.24, 2.45) is 5.92 Å². The number of hydrogen-bond donors (Lipinski definition) is 0. The van der Waals surface area contributed by atoms with Crippen LogP contribution < -0.4 is 4.74 Å². The second-order valence-electron chi connectivity index (χ2n) is 8.15. The average molecular weight is 395 g/mol. The molecule has 1 aromatic carbocycles. The van der Waals surface area contributed by atoms with E-state index in [0.29, 0.717) is 24.3 Å². The number of hydrogen-bond acceptors (Lipinski definition) is 5. The molecule has 2 aliphatic heterocycles. The maximum Gasteiger partial charge on any atom is 0.321 e. The van der Waals surface area contributed by atoms with Crippen LogP contribution in [0.2, 0.25) is 0 Å². The predicted molar refractivity (Wildman–Crippen MR) is 112 cm³/mol. The van der Waals surface area contributed by atoms with Gasteiger partial charge in [-0.2, -0.15) is 0 Å². The van der Waals surface area contributed by atoms with Gasteiger partial charge < -0.3 is 9.64 Å². The monoisotopic (exact) mass is 394 g/mol. The molecule has 4 rings (SSSR count). The number of aromatic nitrogens is 2. The van der Waals surface area contributed by atoms with Gasteiger partial charge in [-0.1, -0.05) is 12.1 Å². The zero-order valence-corrected chi connectivity index (χ0v) is 17.0. The molecule has 2 saturated heterocycles. The highest BCUT2D eigenvalue weighted by molar-refractivity contribution is 5.76. The standard InChI is InChI=1S/C23H30N4O2/c28-22(27-15-1-2-16-27)11-8-19-5-3-14-26(17-19)18-20-6-9-21(10-7-20)29-23-24-12-4-13-25-23/h4,6-7,9-10,12-13,19H,1-3,5,8,11,14-18H2. The number of rotatable bonds is 7. The molecule has 2 aliphatic rings. The third-order valence-corrected chi connectivity index (χ3v) is 5.91. The number of nitrogens with zero attached hydrogens (tertiary/aromatic N) is 4. The molecule has 0 bridgehead atoms. The van der Waals surface area contributed by atoms with Gasteiger partial charge >= 0.3 is 6.01 Å². The fourth-order valence-corrected chi connectivity index (χ4v) is 4.35. The summed E-state index contributed by atoms with van der Waals surface area (Å²) in [7, 11) is 0. The highest BCUT2D eigenvalue weighted by Gasteiger charge is 2.23. The molecule has 6 nitrogen and oxygen atoms in total. The van der Waals surface area contributed by atoms with Crippen LogP contribution in [0.4, 0.5) is 0 Å². The van der Waals surface area contributed by atoms with Crippen LogP contribution >= 0.6 is 0 Å². The second kappa shape index (κ2) is 9.83. The van der Waals surface area contributed by atoms with E-state index in [2.05, 4.69) is 27.0 Å². The average Bonchev–Trinajstić information content (AvgIpc) is 3.30. The number of ether oxygens (including phenoxy) is 1.